The Hall–Kier alpha value is -1.13. The molecule has 16 heavy (non-hydrogen) atoms. The van der Waals surface area contributed by atoms with Crippen LogP contribution >= 0.6 is 11.3 Å². The van der Waals surface area contributed by atoms with E-state index in [2.05, 4.69) is 40.7 Å². The van der Waals surface area contributed by atoms with Gasteiger partial charge >= 0.3 is 0 Å². The van der Waals surface area contributed by atoms with E-state index < -0.39 is 0 Å². The second-order valence-electron chi connectivity index (χ2n) is 4.27. The molecule has 1 aromatic heterocycles. The summed E-state index contributed by atoms with van der Waals surface area (Å²) in [6.45, 7) is 4.28. The van der Waals surface area contributed by atoms with Gasteiger partial charge in [0.15, 0.2) is 5.13 Å². The Balaban J connectivity index is 1.90. The second-order valence-corrected chi connectivity index (χ2v) is 5.31. The minimum atomic E-state index is 0.542. The number of anilines is 1. The third-order valence-corrected chi connectivity index (χ3v) is 3.96. The molecule has 4 heteroatoms. The van der Waals surface area contributed by atoms with Gasteiger partial charge in [0.1, 0.15) is 0 Å². The molecular weight excluding hydrogens is 218 g/mol. The summed E-state index contributed by atoms with van der Waals surface area (Å²) < 4.78 is 1.27. The number of para-hydroxylation sites is 1. The third-order valence-electron chi connectivity index (χ3n) is 3.01. The van der Waals surface area contributed by atoms with Gasteiger partial charge in [-0.3, -0.25) is 0 Å². The van der Waals surface area contributed by atoms with E-state index in [0.717, 1.165) is 23.7 Å². The number of rotatable bonds is 2. The summed E-state index contributed by atoms with van der Waals surface area (Å²) in [7, 11) is 0. The molecule has 3 rings (SSSR count). The van der Waals surface area contributed by atoms with E-state index in [0.29, 0.717) is 6.04 Å². The third kappa shape index (κ3) is 1.79. The van der Waals surface area contributed by atoms with E-state index in [9.17, 15) is 0 Å². The molecule has 1 saturated heterocycles. The quantitative estimate of drug-likeness (QED) is 0.836. The lowest BCUT2D eigenvalue weighted by Gasteiger charge is -2.08. The Morgan fingerprint density at radius 1 is 1.50 bits per heavy atom. The molecule has 0 amide bonds. The lowest BCUT2D eigenvalue weighted by Crippen LogP contribution is -2.21. The number of aryl methyl sites for hydroxylation is 1. The molecular formula is C12H15N3S. The van der Waals surface area contributed by atoms with Gasteiger partial charge in [-0.2, -0.15) is 0 Å². The van der Waals surface area contributed by atoms with Crippen LogP contribution in [0.25, 0.3) is 10.2 Å². The molecule has 0 aliphatic carbocycles. The van der Waals surface area contributed by atoms with Gasteiger partial charge in [-0.1, -0.05) is 23.5 Å². The molecule has 2 heterocycles. The number of hydrogen-bond acceptors (Lipinski definition) is 4. The summed E-state index contributed by atoms with van der Waals surface area (Å²) in [5.41, 5.74) is 2.40. The molecule has 2 aromatic rings. The average molecular weight is 233 g/mol. The lowest BCUT2D eigenvalue weighted by molar-refractivity contribution is 0.792. The van der Waals surface area contributed by atoms with Crippen molar-refractivity contribution in [2.75, 3.05) is 18.4 Å². The molecule has 2 N–H and O–H groups in total. The van der Waals surface area contributed by atoms with Crippen molar-refractivity contribution in [3.05, 3.63) is 23.8 Å². The zero-order valence-electron chi connectivity index (χ0n) is 9.29. The molecule has 1 atom stereocenters. The fraction of sp³-hybridized carbons (Fsp3) is 0.417. The lowest BCUT2D eigenvalue weighted by atomic mass is 10.2. The van der Waals surface area contributed by atoms with Crippen molar-refractivity contribution in [3.63, 3.8) is 0 Å². The number of fused-ring (bicyclic) bond motifs is 1. The molecule has 0 radical (unpaired) electrons. The van der Waals surface area contributed by atoms with Crippen molar-refractivity contribution >= 4 is 26.7 Å². The van der Waals surface area contributed by atoms with Crippen LogP contribution in [0.2, 0.25) is 0 Å². The highest BCUT2D eigenvalue weighted by atomic mass is 32.1. The molecule has 3 nitrogen and oxygen atoms in total. The number of thiazole rings is 1. The molecule has 1 aromatic carbocycles. The summed E-state index contributed by atoms with van der Waals surface area (Å²) in [5, 5.41) is 7.91. The Labute approximate surface area is 98.9 Å². The van der Waals surface area contributed by atoms with Gasteiger partial charge in [0, 0.05) is 12.6 Å². The van der Waals surface area contributed by atoms with Crippen molar-refractivity contribution in [2.45, 2.75) is 19.4 Å². The SMILES string of the molecule is Cc1cccc2sc(NC3CCNC3)nc12. The fourth-order valence-corrected chi connectivity index (χ4v) is 3.12. The maximum atomic E-state index is 4.66. The van der Waals surface area contributed by atoms with Crippen molar-refractivity contribution in [2.24, 2.45) is 0 Å². The molecule has 0 spiro atoms. The van der Waals surface area contributed by atoms with Gasteiger partial charge in [-0.25, -0.2) is 4.98 Å². The van der Waals surface area contributed by atoms with Crippen molar-refractivity contribution in [1.29, 1.82) is 0 Å². The Bertz CT molecular complexity index is 500. The first-order valence-electron chi connectivity index (χ1n) is 5.66. The van der Waals surface area contributed by atoms with Crippen LogP contribution in [0.3, 0.4) is 0 Å². The van der Waals surface area contributed by atoms with Crippen molar-refractivity contribution in [3.8, 4) is 0 Å². The van der Waals surface area contributed by atoms with E-state index in [-0.39, 0.29) is 0 Å². The highest BCUT2D eigenvalue weighted by Gasteiger charge is 2.15. The Kier molecular flexibility index (Phi) is 2.53. The van der Waals surface area contributed by atoms with E-state index in [1.807, 2.05) is 0 Å². The van der Waals surface area contributed by atoms with Crippen LogP contribution in [-0.4, -0.2) is 24.1 Å². The Morgan fingerprint density at radius 2 is 2.44 bits per heavy atom. The van der Waals surface area contributed by atoms with Gasteiger partial charge in [0.2, 0.25) is 0 Å². The van der Waals surface area contributed by atoms with E-state index in [1.165, 1.54) is 16.7 Å². The van der Waals surface area contributed by atoms with Crippen molar-refractivity contribution in [1.82, 2.24) is 10.3 Å². The maximum absolute atomic E-state index is 4.66. The molecule has 84 valence electrons. The maximum Gasteiger partial charge on any atom is 0.184 e. The van der Waals surface area contributed by atoms with Gasteiger partial charge in [-0.15, -0.1) is 0 Å². The molecule has 0 saturated carbocycles. The zero-order chi connectivity index (χ0) is 11.0. The van der Waals surface area contributed by atoms with Crippen LogP contribution < -0.4 is 10.6 Å². The largest absolute Gasteiger partial charge is 0.357 e. The minimum absolute atomic E-state index is 0.542. The highest BCUT2D eigenvalue weighted by molar-refractivity contribution is 7.22. The summed E-state index contributed by atoms with van der Waals surface area (Å²) in [6, 6.07) is 6.89. The monoisotopic (exact) mass is 233 g/mol. The number of aromatic nitrogens is 1. The first-order chi connectivity index (χ1) is 7.83. The van der Waals surface area contributed by atoms with Crippen LogP contribution in [0.1, 0.15) is 12.0 Å². The van der Waals surface area contributed by atoms with Crippen molar-refractivity contribution < 1.29 is 0 Å². The standard InChI is InChI=1S/C12H15N3S/c1-8-3-2-4-10-11(8)15-12(16-10)14-9-5-6-13-7-9/h2-4,9,13H,5-7H2,1H3,(H,14,15). The van der Waals surface area contributed by atoms with E-state index in [4.69, 9.17) is 0 Å². The van der Waals surface area contributed by atoms with Gasteiger partial charge < -0.3 is 10.6 Å². The normalized spacial score (nSPS) is 20.4. The van der Waals surface area contributed by atoms with Gasteiger partial charge in [0.25, 0.3) is 0 Å². The summed E-state index contributed by atoms with van der Waals surface area (Å²) in [6.07, 6.45) is 1.19. The smallest absolute Gasteiger partial charge is 0.184 e. The van der Waals surface area contributed by atoms with Crippen LogP contribution in [0.5, 0.6) is 0 Å². The van der Waals surface area contributed by atoms with E-state index in [1.54, 1.807) is 11.3 Å². The number of nitrogens with zero attached hydrogens (tertiary/aromatic N) is 1. The number of benzene rings is 1. The fourth-order valence-electron chi connectivity index (χ4n) is 2.10. The van der Waals surface area contributed by atoms with Crippen LogP contribution in [-0.2, 0) is 0 Å². The summed E-state index contributed by atoms with van der Waals surface area (Å²) in [4.78, 5) is 4.66. The highest BCUT2D eigenvalue weighted by Crippen LogP contribution is 2.28. The number of hydrogen-bond donors (Lipinski definition) is 2. The molecule has 0 bridgehead atoms. The molecule has 1 aliphatic heterocycles. The first-order valence-corrected chi connectivity index (χ1v) is 6.48. The van der Waals surface area contributed by atoms with E-state index >= 15 is 0 Å². The average Bonchev–Trinajstić information content (AvgIpc) is 2.88. The predicted octanol–water partition coefficient (Wildman–Crippen LogP) is 2.38. The van der Waals surface area contributed by atoms with Crippen LogP contribution in [0.4, 0.5) is 5.13 Å². The summed E-state index contributed by atoms with van der Waals surface area (Å²) in [5.74, 6) is 0. The summed E-state index contributed by atoms with van der Waals surface area (Å²) >= 11 is 1.75. The minimum Gasteiger partial charge on any atom is -0.357 e. The van der Waals surface area contributed by atoms with Gasteiger partial charge in [-0.05, 0) is 31.5 Å². The number of nitrogens with one attached hydrogen (secondary N) is 2. The Morgan fingerprint density at radius 3 is 3.19 bits per heavy atom. The second kappa shape index (κ2) is 4.03. The molecule has 1 unspecified atom stereocenters. The van der Waals surface area contributed by atoms with Crippen LogP contribution in [0, 0.1) is 6.92 Å². The van der Waals surface area contributed by atoms with Crippen LogP contribution in [0.15, 0.2) is 18.2 Å². The van der Waals surface area contributed by atoms with Gasteiger partial charge in [0.05, 0.1) is 10.2 Å². The zero-order valence-corrected chi connectivity index (χ0v) is 10.1. The molecule has 1 aliphatic rings. The first kappa shape index (κ1) is 10.1. The topological polar surface area (TPSA) is 37.0 Å². The molecule has 1 fully saturated rings. The predicted molar refractivity (Wildman–Crippen MR) is 69.3 cm³/mol.